The summed E-state index contributed by atoms with van der Waals surface area (Å²) in [5, 5.41) is 11.3. The second-order valence-electron chi connectivity index (χ2n) is 9.01. The lowest BCUT2D eigenvalue weighted by Crippen LogP contribution is -2.59. The smallest absolute Gasteiger partial charge is 0.376 e. The summed E-state index contributed by atoms with van der Waals surface area (Å²) in [6.07, 6.45) is 1.62. The third kappa shape index (κ3) is 3.37. The number of hydrogen-bond donors (Lipinski definition) is 1. The minimum absolute atomic E-state index is 0.111. The topological polar surface area (TPSA) is 84.8 Å². The van der Waals surface area contributed by atoms with Gasteiger partial charge in [0.15, 0.2) is 11.0 Å². The van der Waals surface area contributed by atoms with Gasteiger partial charge in [-0.3, -0.25) is 4.79 Å². The van der Waals surface area contributed by atoms with Crippen LogP contribution in [-0.2, 0) is 32.9 Å². The maximum Gasteiger partial charge on any atom is 0.376 e. The Bertz CT molecular complexity index is 1120. The molecule has 1 saturated heterocycles. The van der Waals surface area contributed by atoms with Crippen molar-refractivity contribution < 1.29 is 23.7 Å². The normalized spacial score (nSPS) is 26.6. The van der Waals surface area contributed by atoms with Gasteiger partial charge in [-0.05, 0) is 71.8 Å². The summed E-state index contributed by atoms with van der Waals surface area (Å²) in [4.78, 5) is 25.2. The molecule has 1 aliphatic carbocycles. The zero-order valence-electron chi connectivity index (χ0n) is 18.9. The van der Waals surface area contributed by atoms with Crippen LogP contribution in [0, 0.1) is 17.7 Å². The van der Waals surface area contributed by atoms with Crippen molar-refractivity contribution >= 4 is 51.6 Å². The highest BCUT2D eigenvalue weighted by Crippen LogP contribution is 2.56. The largest absolute Gasteiger partial charge is 0.468 e. The zero-order valence-corrected chi connectivity index (χ0v) is 21.3. The standard InChI is InChI=1S/C22H26BBrFN3O4S/c1-4-33-21-26-18-15(13-9-32-10-14(13)16(24)17(18)25)19(27-21)22(20(29)31-3)11-5-6-12(22)8-28(7-11)23(2)30/h11-12,30H,4-10H2,1-3H3. The molecule has 2 aliphatic heterocycles. The van der Waals surface area contributed by atoms with Crippen molar-refractivity contribution in [1.82, 2.24) is 14.8 Å². The van der Waals surface area contributed by atoms with Crippen LogP contribution in [0.3, 0.4) is 0 Å². The Labute approximate surface area is 205 Å². The number of ether oxygens (including phenoxy) is 2. The number of halogens is 2. The van der Waals surface area contributed by atoms with Gasteiger partial charge in [0.1, 0.15) is 10.9 Å². The Hall–Kier alpha value is -1.27. The van der Waals surface area contributed by atoms with E-state index >= 15 is 4.39 Å². The Morgan fingerprint density at radius 1 is 1.33 bits per heavy atom. The number of nitrogens with zero attached hydrogens (tertiary/aromatic N) is 3. The lowest BCUT2D eigenvalue weighted by Gasteiger charge is -2.46. The Balaban J connectivity index is 1.85. The van der Waals surface area contributed by atoms with E-state index in [0.29, 0.717) is 47.0 Å². The zero-order chi connectivity index (χ0) is 23.5. The molecule has 33 heavy (non-hydrogen) atoms. The summed E-state index contributed by atoms with van der Waals surface area (Å²) < 4.78 is 27.1. The number of rotatable bonds is 5. The van der Waals surface area contributed by atoms with Crippen LogP contribution in [-0.4, -0.2) is 58.8 Å². The molecule has 5 rings (SSSR count). The molecule has 2 bridgehead atoms. The minimum Gasteiger partial charge on any atom is -0.468 e. The number of piperidine rings is 1. The van der Waals surface area contributed by atoms with Gasteiger partial charge < -0.3 is 19.3 Å². The molecule has 2 atom stereocenters. The maximum absolute atomic E-state index is 15.6. The van der Waals surface area contributed by atoms with Gasteiger partial charge in [0.2, 0.25) is 0 Å². The molecule has 2 fully saturated rings. The van der Waals surface area contributed by atoms with Gasteiger partial charge >= 0.3 is 13.0 Å². The predicted molar refractivity (Wildman–Crippen MR) is 127 cm³/mol. The van der Waals surface area contributed by atoms with Crippen molar-refractivity contribution in [2.24, 2.45) is 11.8 Å². The molecule has 1 N–H and O–H groups in total. The molecule has 0 spiro atoms. The first-order valence-corrected chi connectivity index (χ1v) is 13.0. The van der Waals surface area contributed by atoms with Crippen molar-refractivity contribution in [2.75, 3.05) is 26.0 Å². The third-order valence-electron chi connectivity index (χ3n) is 7.49. The second kappa shape index (κ2) is 8.75. The van der Waals surface area contributed by atoms with Crippen molar-refractivity contribution in [3.63, 3.8) is 0 Å². The van der Waals surface area contributed by atoms with E-state index in [9.17, 15) is 9.82 Å². The first-order valence-electron chi connectivity index (χ1n) is 11.3. The van der Waals surface area contributed by atoms with Crippen LogP contribution in [0.2, 0.25) is 6.82 Å². The van der Waals surface area contributed by atoms with E-state index in [0.717, 1.165) is 29.7 Å². The highest BCUT2D eigenvalue weighted by atomic mass is 79.9. The molecule has 0 amide bonds. The van der Waals surface area contributed by atoms with Gasteiger partial charge in [0.05, 0.1) is 30.5 Å². The molecular formula is C22H26BBrFN3O4S. The number of carbonyl (C=O) groups is 1. The minimum atomic E-state index is -1.03. The average Bonchev–Trinajstić information content (AvgIpc) is 3.36. The first-order chi connectivity index (χ1) is 15.8. The lowest BCUT2D eigenvalue weighted by molar-refractivity contribution is -0.153. The summed E-state index contributed by atoms with van der Waals surface area (Å²) in [6.45, 7) is 5.43. The molecule has 2 aromatic rings. The third-order valence-corrected chi connectivity index (χ3v) is 9.05. The van der Waals surface area contributed by atoms with Crippen LogP contribution >= 0.6 is 27.7 Å². The summed E-state index contributed by atoms with van der Waals surface area (Å²) in [7, 11) is 0.795. The molecule has 176 valence electrons. The average molecular weight is 538 g/mol. The number of carbonyl (C=O) groups excluding carboxylic acids is 1. The summed E-state index contributed by atoms with van der Waals surface area (Å²) >= 11 is 4.83. The van der Waals surface area contributed by atoms with Crippen LogP contribution in [0.15, 0.2) is 9.63 Å². The van der Waals surface area contributed by atoms with Gasteiger partial charge in [-0.1, -0.05) is 18.7 Å². The molecule has 11 heteroatoms. The Morgan fingerprint density at radius 2 is 2.00 bits per heavy atom. The van der Waals surface area contributed by atoms with Crippen LogP contribution in [0.25, 0.3) is 10.9 Å². The molecule has 0 radical (unpaired) electrons. The van der Waals surface area contributed by atoms with E-state index in [1.807, 2.05) is 11.7 Å². The van der Waals surface area contributed by atoms with Gasteiger partial charge in [0.25, 0.3) is 0 Å². The van der Waals surface area contributed by atoms with E-state index in [-0.39, 0.29) is 23.3 Å². The predicted octanol–water partition coefficient (Wildman–Crippen LogP) is 3.54. The van der Waals surface area contributed by atoms with Crippen LogP contribution in [0.1, 0.15) is 36.6 Å². The van der Waals surface area contributed by atoms with Gasteiger partial charge in [0, 0.05) is 10.9 Å². The van der Waals surface area contributed by atoms with Crippen molar-refractivity contribution in [3.8, 4) is 0 Å². The number of methoxy groups -OCH3 is 1. The molecule has 2 unspecified atom stereocenters. The van der Waals surface area contributed by atoms with Crippen molar-refractivity contribution in [3.05, 3.63) is 27.1 Å². The van der Waals surface area contributed by atoms with Gasteiger partial charge in [-0.25, -0.2) is 14.4 Å². The number of fused-ring (bicyclic) bond motifs is 5. The van der Waals surface area contributed by atoms with E-state index in [1.54, 1.807) is 6.82 Å². The van der Waals surface area contributed by atoms with Crippen LogP contribution in [0.4, 0.5) is 4.39 Å². The summed E-state index contributed by atoms with van der Waals surface area (Å²) in [5.74, 6) is -0.301. The molecular weight excluding hydrogens is 512 g/mol. The summed E-state index contributed by atoms with van der Waals surface area (Å²) in [6, 6.07) is 0. The molecule has 7 nitrogen and oxygen atoms in total. The van der Waals surface area contributed by atoms with Gasteiger partial charge in [-0.15, -0.1) is 0 Å². The summed E-state index contributed by atoms with van der Waals surface area (Å²) in [5.41, 5.74) is 1.33. The van der Waals surface area contributed by atoms with Crippen molar-refractivity contribution in [1.29, 1.82) is 0 Å². The molecule has 3 heterocycles. The molecule has 1 aromatic carbocycles. The fourth-order valence-electron chi connectivity index (χ4n) is 6.06. The lowest BCUT2D eigenvalue weighted by atomic mass is 9.63. The van der Waals surface area contributed by atoms with Crippen molar-refractivity contribution in [2.45, 2.75) is 50.4 Å². The van der Waals surface area contributed by atoms with Crippen LogP contribution < -0.4 is 0 Å². The fourth-order valence-corrected chi connectivity index (χ4v) is 7.17. The Kier molecular flexibility index (Phi) is 6.22. The number of aromatic nitrogens is 2. The number of thioether (sulfide) groups is 1. The van der Waals surface area contributed by atoms with E-state index < -0.39 is 18.3 Å². The van der Waals surface area contributed by atoms with E-state index in [2.05, 4.69) is 20.9 Å². The molecule has 3 aliphatic rings. The number of hydrogen-bond acceptors (Lipinski definition) is 8. The van der Waals surface area contributed by atoms with E-state index in [4.69, 9.17) is 14.5 Å². The Morgan fingerprint density at radius 3 is 2.61 bits per heavy atom. The van der Waals surface area contributed by atoms with Gasteiger partial charge in [-0.2, -0.15) is 0 Å². The fraction of sp³-hybridized carbons (Fsp3) is 0.591. The highest BCUT2D eigenvalue weighted by Gasteiger charge is 2.62. The maximum atomic E-state index is 15.6. The molecule has 1 saturated carbocycles. The highest BCUT2D eigenvalue weighted by molar-refractivity contribution is 9.10. The number of esters is 1. The van der Waals surface area contributed by atoms with Crippen LogP contribution in [0.5, 0.6) is 0 Å². The SMILES string of the molecule is CCSc1nc(C2(C(=O)OC)C3CCC2CN(B(C)O)C3)c2c3c(c(Br)c(F)c2n1)COC3. The van der Waals surface area contributed by atoms with E-state index in [1.165, 1.54) is 18.9 Å². The number of benzene rings is 1. The molecule has 1 aromatic heterocycles. The first kappa shape index (κ1) is 23.5. The quantitative estimate of drug-likeness (QED) is 0.268. The monoisotopic (exact) mass is 537 g/mol. The second-order valence-corrected chi connectivity index (χ2v) is 11.0.